The first kappa shape index (κ1) is 21.1. The summed E-state index contributed by atoms with van der Waals surface area (Å²) >= 11 is 0. The van der Waals surface area contributed by atoms with Crippen LogP contribution >= 0.6 is 0 Å². The van der Waals surface area contributed by atoms with Crippen molar-refractivity contribution in [3.8, 4) is 0 Å². The fraction of sp³-hybridized carbons (Fsp3) is 1.00. The Bertz CT molecular complexity index is 456. The van der Waals surface area contributed by atoms with Gasteiger partial charge in [-0.05, 0) is 38.5 Å². The fourth-order valence-corrected chi connectivity index (χ4v) is 5.11. The summed E-state index contributed by atoms with van der Waals surface area (Å²) in [6, 6.07) is 0. The summed E-state index contributed by atoms with van der Waals surface area (Å²) in [5.74, 6) is 0. The molecule has 25 heavy (non-hydrogen) atoms. The van der Waals surface area contributed by atoms with Crippen molar-refractivity contribution in [1.29, 1.82) is 0 Å². The SMILES string of the molecule is CCC1OC1CCOC(CC)S(=O)(=O)C(CC)OCCC1OC1CC. The number of rotatable bonds is 14. The van der Waals surface area contributed by atoms with Crippen LogP contribution in [-0.2, 0) is 28.8 Å². The predicted molar refractivity (Wildman–Crippen MR) is 96.1 cm³/mol. The van der Waals surface area contributed by atoms with Crippen molar-refractivity contribution in [2.75, 3.05) is 13.2 Å². The van der Waals surface area contributed by atoms with Gasteiger partial charge in [0.05, 0.1) is 37.6 Å². The maximum absolute atomic E-state index is 12.8. The van der Waals surface area contributed by atoms with Crippen molar-refractivity contribution >= 4 is 9.84 Å². The van der Waals surface area contributed by atoms with Crippen molar-refractivity contribution in [2.45, 2.75) is 102 Å². The van der Waals surface area contributed by atoms with Crippen molar-refractivity contribution in [1.82, 2.24) is 0 Å². The minimum absolute atomic E-state index is 0.230. The van der Waals surface area contributed by atoms with E-state index in [4.69, 9.17) is 18.9 Å². The first-order chi connectivity index (χ1) is 12.0. The zero-order valence-electron chi connectivity index (χ0n) is 16.0. The van der Waals surface area contributed by atoms with Gasteiger partial charge in [0.2, 0.25) is 9.84 Å². The van der Waals surface area contributed by atoms with E-state index in [1.54, 1.807) is 0 Å². The molecule has 0 N–H and O–H groups in total. The molecule has 2 heterocycles. The molecule has 0 aromatic rings. The molecule has 0 spiro atoms. The van der Waals surface area contributed by atoms with Crippen molar-refractivity contribution in [3.05, 3.63) is 0 Å². The van der Waals surface area contributed by atoms with E-state index in [1.165, 1.54) is 0 Å². The van der Waals surface area contributed by atoms with Gasteiger partial charge in [-0.2, -0.15) is 0 Å². The van der Waals surface area contributed by atoms with Crippen LogP contribution in [0.3, 0.4) is 0 Å². The number of ether oxygens (including phenoxy) is 4. The van der Waals surface area contributed by atoms with Gasteiger partial charge >= 0.3 is 0 Å². The second-order valence-electron chi connectivity index (χ2n) is 6.83. The van der Waals surface area contributed by atoms with E-state index in [9.17, 15) is 8.42 Å². The summed E-state index contributed by atoms with van der Waals surface area (Å²) in [5.41, 5.74) is -1.62. The van der Waals surface area contributed by atoms with Crippen LogP contribution in [0.1, 0.15) is 66.2 Å². The van der Waals surface area contributed by atoms with Crippen LogP contribution in [0.5, 0.6) is 0 Å². The van der Waals surface area contributed by atoms with Gasteiger partial charge in [-0.15, -0.1) is 0 Å². The summed E-state index contributed by atoms with van der Waals surface area (Å²) in [6.45, 7) is 8.66. The summed E-state index contributed by atoms with van der Waals surface area (Å²) in [4.78, 5) is 0. The Labute approximate surface area is 152 Å². The molecule has 2 aliphatic rings. The van der Waals surface area contributed by atoms with Gasteiger partial charge in [0.1, 0.15) is 0 Å². The van der Waals surface area contributed by atoms with Crippen molar-refractivity contribution in [3.63, 3.8) is 0 Å². The molecule has 0 aromatic heterocycles. The number of sulfone groups is 1. The molecule has 2 rings (SSSR count). The van der Waals surface area contributed by atoms with Gasteiger partial charge in [-0.1, -0.05) is 27.7 Å². The zero-order chi connectivity index (χ0) is 18.4. The van der Waals surface area contributed by atoms with E-state index in [2.05, 4.69) is 13.8 Å². The zero-order valence-corrected chi connectivity index (χ0v) is 16.8. The third kappa shape index (κ3) is 5.89. The molecule has 2 saturated heterocycles. The molecule has 0 aliphatic carbocycles. The lowest BCUT2D eigenvalue weighted by Gasteiger charge is -2.23. The van der Waals surface area contributed by atoms with E-state index >= 15 is 0 Å². The molecule has 0 radical (unpaired) electrons. The third-order valence-electron chi connectivity index (χ3n) is 4.99. The second kappa shape index (κ2) is 9.65. The third-order valence-corrected chi connectivity index (χ3v) is 7.40. The van der Waals surface area contributed by atoms with Gasteiger partial charge in [0.15, 0.2) is 10.9 Å². The van der Waals surface area contributed by atoms with Crippen LogP contribution in [0, 0.1) is 0 Å². The number of hydrogen-bond donors (Lipinski definition) is 0. The lowest BCUT2D eigenvalue weighted by atomic mass is 10.2. The van der Waals surface area contributed by atoms with E-state index < -0.39 is 20.7 Å². The molecule has 2 fully saturated rings. The van der Waals surface area contributed by atoms with E-state index in [-0.39, 0.29) is 12.2 Å². The number of epoxide rings is 2. The Morgan fingerprint density at radius 1 is 0.760 bits per heavy atom. The van der Waals surface area contributed by atoms with Crippen LogP contribution < -0.4 is 0 Å². The van der Waals surface area contributed by atoms with E-state index in [1.807, 2.05) is 13.8 Å². The van der Waals surface area contributed by atoms with Gasteiger partial charge in [0.25, 0.3) is 0 Å². The van der Waals surface area contributed by atoms with Crippen LogP contribution in [0.2, 0.25) is 0 Å². The molecule has 0 aromatic carbocycles. The molecular formula is C18H34O6S. The number of hydrogen-bond acceptors (Lipinski definition) is 6. The largest absolute Gasteiger partial charge is 0.370 e. The van der Waals surface area contributed by atoms with Gasteiger partial charge in [-0.25, -0.2) is 8.42 Å². The highest BCUT2D eigenvalue weighted by atomic mass is 32.2. The Kier molecular flexibility index (Phi) is 8.14. The molecular weight excluding hydrogens is 344 g/mol. The highest BCUT2D eigenvalue weighted by Gasteiger charge is 2.39. The van der Waals surface area contributed by atoms with Gasteiger partial charge < -0.3 is 18.9 Å². The predicted octanol–water partition coefficient (Wildman–Crippen LogP) is 3.04. The lowest BCUT2D eigenvalue weighted by molar-refractivity contribution is 0.0707. The Balaban J connectivity index is 1.75. The second-order valence-corrected chi connectivity index (χ2v) is 9.06. The Hall–Kier alpha value is -0.210. The highest BCUT2D eigenvalue weighted by Crippen LogP contribution is 2.29. The van der Waals surface area contributed by atoms with E-state index in [0.717, 1.165) is 25.7 Å². The van der Waals surface area contributed by atoms with Crippen molar-refractivity contribution in [2.24, 2.45) is 0 Å². The summed E-state index contributed by atoms with van der Waals surface area (Å²) in [7, 11) is -3.48. The molecule has 0 bridgehead atoms. The summed E-state index contributed by atoms with van der Waals surface area (Å²) in [5, 5.41) is 0. The molecule has 148 valence electrons. The maximum Gasteiger partial charge on any atom is 0.203 e. The maximum atomic E-state index is 12.8. The first-order valence-electron chi connectivity index (χ1n) is 9.74. The standard InChI is InChI=1S/C18H34O6S/c1-5-13-15(23-13)9-11-21-17(7-3)25(19,20)18(8-4)22-12-10-16-14(6-2)24-16/h13-18H,5-12H2,1-4H3. The molecule has 6 unspecified atom stereocenters. The minimum atomic E-state index is -3.48. The van der Waals surface area contributed by atoms with Crippen LogP contribution in [0.4, 0.5) is 0 Å². The fourth-order valence-electron chi connectivity index (χ4n) is 3.27. The molecule has 2 aliphatic heterocycles. The Morgan fingerprint density at radius 2 is 1.16 bits per heavy atom. The van der Waals surface area contributed by atoms with Crippen LogP contribution in [0.15, 0.2) is 0 Å². The highest BCUT2D eigenvalue weighted by molar-refractivity contribution is 7.92. The van der Waals surface area contributed by atoms with Crippen LogP contribution in [-0.4, -0.2) is 56.9 Å². The molecule has 0 saturated carbocycles. The smallest absolute Gasteiger partial charge is 0.203 e. The summed E-state index contributed by atoms with van der Waals surface area (Å²) in [6.07, 6.45) is 5.45. The Morgan fingerprint density at radius 3 is 1.44 bits per heavy atom. The van der Waals surface area contributed by atoms with Crippen LogP contribution in [0.25, 0.3) is 0 Å². The van der Waals surface area contributed by atoms with E-state index in [0.29, 0.717) is 38.3 Å². The lowest BCUT2D eigenvalue weighted by Crippen LogP contribution is -2.36. The first-order valence-corrected chi connectivity index (χ1v) is 11.4. The molecule has 7 heteroatoms. The average molecular weight is 379 g/mol. The molecule has 0 amide bonds. The van der Waals surface area contributed by atoms with Gasteiger partial charge in [-0.3, -0.25) is 0 Å². The molecule has 6 atom stereocenters. The summed E-state index contributed by atoms with van der Waals surface area (Å²) < 4.78 is 47.9. The molecule has 6 nitrogen and oxygen atoms in total. The quantitative estimate of drug-likeness (QED) is 0.432. The van der Waals surface area contributed by atoms with Crippen molar-refractivity contribution < 1.29 is 27.4 Å². The van der Waals surface area contributed by atoms with Gasteiger partial charge in [0, 0.05) is 0 Å². The monoisotopic (exact) mass is 378 g/mol. The topological polar surface area (TPSA) is 77.7 Å². The average Bonchev–Trinajstić information content (AvgIpc) is 3.50. The normalized spacial score (nSPS) is 30.9. The minimum Gasteiger partial charge on any atom is -0.370 e.